The van der Waals surface area contributed by atoms with E-state index in [1.54, 1.807) is 21.6 Å². The average Bonchev–Trinajstić information content (AvgIpc) is 3.20. The number of carbonyl (C=O) groups is 4. The Morgan fingerprint density at radius 1 is 0.544 bits per heavy atom. The molecule has 1 aliphatic heterocycles. The van der Waals surface area contributed by atoms with Gasteiger partial charge in [-0.3, -0.25) is 14.5 Å². The molecule has 1 heterocycles. The predicted octanol–water partition coefficient (Wildman–Crippen LogP) is 9.49. The molecule has 0 saturated carbocycles. The van der Waals surface area contributed by atoms with Crippen LogP contribution in [0.15, 0.2) is 0 Å². The summed E-state index contributed by atoms with van der Waals surface area (Å²) in [6.07, 6.45) is 21.4. The molecule has 1 N–H and O–H groups in total. The van der Waals surface area contributed by atoms with Crippen molar-refractivity contribution in [2.45, 2.75) is 155 Å². The van der Waals surface area contributed by atoms with Crippen LogP contribution in [-0.4, -0.2) is 136 Å². The Bertz CT molecular complexity index is 949. The molecular weight excluding hydrogens is 765 g/mol. The lowest BCUT2D eigenvalue weighted by Crippen LogP contribution is -2.47. The second-order valence-electron chi connectivity index (χ2n) is 15.3. The van der Waals surface area contributed by atoms with E-state index < -0.39 is 0 Å². The lowest BCUT2D eigenvalue weighted by Gasteiger charge is -2.32. The highest BCUT2D eigenvalue weighted by molar-refractivity contribution is 8.76. The van der Waals surface area contributed by atoms with Crippen molar-refractivity contribution in [2.75, 3.05) is 97.3 Å². The normalized spacial score (nSPS) is 13.3. The topological polar surface area (TPSA) is 127 Å². The number of nitrogens with zero attached hydrogens (tertiary/aromatic N) is 3. The van der Waals surface area contributed by atoms with Gasteiger partial charge < -0.3 is 34.1 Å². The van der Waals surface area contributed by atoms with Gasteiger partial charge in [0.25, 0.3) is 0 Å². The lowest BCUT2D eigenvalue weighted by atomic mass is 10.1. The maximum Gasteiger partial charge on any atom is 0.409 e. The monoisotopic (exact) mass is 847 g/mol. The Balaban J connectivity index is 2.24. The lowest BCUT2D eigenvalue weighted by molar-refractivity contribution is -0.144. The first-order chi connectivity index (χ1) is 27.8. The van der Waals surface area contributed by atoms with Gasteiger partial charge in [0, 0.05) is 76.7 Å². The summed E-state index contributed by atoms with van der Waals surface area (Å²) in [5, 5.41) is 2.83. The van der Waals surface area contributed by atoms with Gasteiger partial charge in [-0.25, -0.2) is 9.59 Å². The van der Waals surface area contributed by atoms with Crippen molar-refractivity contribution in [1.29, 1.82) is 0 Å². The SMILES string of the molecule is CCCCCCCCC(=O)OCCCCCCN(CCCCCCOC(=O)CCCCCCCC)C(=O)OCCSSCCOC(=O)NCCN1CCN(C)CC1. The summed E-state index contributed by atoms with van der Waals surface area (Å²) in [6, 6.07) is 0. The van der Waals surface area contributed by atoms with Crippen LogP contribution in [0.4, 0.5) is 9.59 Å². The Kier molecular flexibility index (Phi) is 36.9. The van der Waals surface area contributed by atoms with E-state index >= 15 is 0 Å². The number of piperazine rings is 1. The summed E-state index contributed by atoms with van der Waals surface area (Å²) in [5.74, 6) is 1.13. The maximum atomic E-state index is 13.1. The number of alkyl carbamates (subject to hydrolysis) is 1. The third kappa shape index (κ3) is 34.7. The first kappa shape index (κ1) is 53.1. The highest BCUT2D eigenvalue weighted by Gasteiger charge is 2.16. The van der Waals surface area contributed by atoms with E-state index in [1.165, 1.54) is 51.4 Å². The molecule has 14 heteroatoms. The van der Waals surface area contributed by atoms with Crippen LogP contribution < -0.4 is 5.32 Å². The minimum absolute atomic E-state index is 0.0920. The molecule has 0 aliphatic carbocycles. The zero-order chi connectivity index (χ0) is 41.4. The quantitative estimate of drug-likeness (QED) is 0.0275. The number of esters is 2. The van der Waals surface area contributed by atoms with Crippen molar-refractivity contribution in [3.63, 3.8) is 0 Å². The number of hydrogen-bond acceptors (Lipinski definition) is 12. The van der Waals surface area contributed by atoms with Crippen molar-refractivity contribution in [3.8, 4) is 0 Å². The minimum atomic E-state index is -0.381. The molecule has 0 spiro atoms. The number of nitrogens with one attached hydrogen (secondary N) is 1. The van der Waals surface area contributed by atoms with E-state index in [9.17, 15) is 19.2 Å². The molecule has 1 aliphatic rings. The molecule has 0 radical (unpaired) electrons. The van der Waals surface area contributed by atoms with Crippen molar-refractivity contribution < 1.29 is 38.1 Å². The van der Waals surface area contributed by atoms with Crippen LogP contribution in [-0.2, 0) is 28.5 Å². The Morgan fingerprint density at radius 2 is 1.00 bits per heavy atom. The van der Waals surface area contributed by atoms with Gasteiger partial charge >= 0.3 is 24.1 Å². The van der Waals surface area contributed by atoms with Crippen molar-refractivity contribution in [2.24, 2.45) is 0 Å². The minimum Gasteiger partial charge on any atom is -0.466 e. The summed E-state index contributed by atoms with van der Waals surface area (Å²) in [7, 11) is 5.33. The number of hydrogen-bond donors (Lipinski definition) is 1. The van der Waals surface area contributed by atoms with E-state index in [0.717, 1.165) is 110 Å². The molecule has 1 fully saturated rings. The largest absolute Gasteiger partial charge is 0.466 e. The fourth-order valence-electron chi connectivity index (χ4n) is 6.41. The van der Waals surface area contributed by atoms with E-state index in [2.05, 4.69) is 36.0 Å². The zero-order valence-electron chi connectivity index (χ0n) is 36.4. The second-order valence-corrected chi connectivity index (χ2v) is 18.0. The molecule has 2 amide bonds. The van der Waals surface area contributed by atoms with Gasteiger partial charge in [0.1, 0.15) is 13.2 Å². The number of carbonyl (C=O) groups excluding carboxylic acids is 4. The van der Waals surface area contributed by atoms with E-state index in [4.69, 9.17) is 18.9 Å². The standard InChI is InChI=1S/C43H82N4O8S2/c1-4-6-8-10-12-18-24-40(48)52-34-22-16-14-20-27-47(28-21-15-17-23-35-53-41(49)25-19-13-11-9-7-5-2)43(51)55-37-39-57-56-38-36-54-42(50)44-26-29-46-32-30-45(3)31-33-46/h4-39H2,1-3H3,(H,44,50). The van der Waals surface area contributed by atoms with Crippen molar-refractivity contribution in [1.82, 2.24) is 20.0 Å². The number of ether oxygens (including phenoxy) is 4. The molecule has 0 aromatic rings. The number of amides is 2. The fourth-order valence-corrected chi connectivity index (χ4v) is 8.06. The Labute approximate surface area is 355 Å². The molecule has 0 bridgehead atoms. The van der Waals surface area contributed by atoms with E-state index in [-0.39, 0.29) is 24.1 Å². The fraction of sp³-hybridized carbons (Fsp3) is 0.907. The van der Waals surface area contributed by atoms with Crippen LogP contribution >= 0.6 is 21.6 Å². The molecule has 1 rings (SSSR count). The van der Waals surface area contributed by atoms with E-state index in [1.807, 2.05) is 4.90 Å². The van der Waals surface area contributed by atoms with Crippen molar-refractivity contribution >= 4 is 45.7 Å². The zero-order valence-corrected chi connectivity index (χ0v) is 38.0. The summed E-state index contributed by atoms with van der Waals surface area (Å²) in [5.41, 5.74) is 0. The summed E-state index contributed by atoms with van der Waals surface area (Å²) < 4.78 is 21.8. The highest BCUT2D eigenvalue weighted by Crippen LogP contribution is 2.20. The van der Waals surface area contributed by atoms with Crippen molar-refractivity contribution in [3.05, 3.63) is 0 Å². The second kappa shape index (κ2) is 39.6. The Morgan fingerprint density at radius 3 is 1.53 bits per heavy atom. The highest BCUT2D eigenvalue weighted by atomic mass is 33.1. The van der Waals surface area contributed by atoms with Gasteiger partial charge in [0.2, 0.25) is 0 Å². The number of rotatable bonds is 38. The molecule has 0 aromatic carbocycles. The molecule has 334 valence electrons. The number of unbranched alkanes of at least 4 members (excludes halogenated alkanes) is 16. The molecule has 0 atom stereocenters. The van der Waals surface area contributed by atoms with Crippen LogP contribution in [0.2, 0.25) is 0 Å². The van der Waals surface area contributed by atoms with Gasteiger partial charge in [-0.15, -0.1) is 0 Å². The molecular formula is C43H82N4O8S2. The van der Waals surface area contributed by atoms with Crippen LogP contribution in [0, 0.1) is 0 Å². The van der Waals surface area contributed by atoms with Crippen LogP contribution in [0.3, 0.4) is 0 Å². The first-order valence-electron chi connectivity index (χ1n) is 22.6. The average molecular weight is 847 g/mol. The third-order valence-electron chi connectivity index (χ3n) is 10.1. The van der Waals surface area contributed by atoms with Gasteiger partial charge in [-0.1, -0.05) is 112 Å². The third-order valence-corrected chi connectivity index (χ3v) is 12.4. The van der Waals surface area contributed by atoms with Gasteiger partial charge in [-0.05, 0) is 58.4 Å². The molecule has 12 nitrogen and oxygen atoms in total. The predicted molar refractivity (Wildman–Crippen MR) is 236 cm³/mol. The maximum absolute atomic E-state index is 13.1. The van der Waals surface area contributed by atoms with Crippen LogP contribution in [0.5, 0.6) is 0 Å². The Hall–Kier alpha value is -1.90. The molecule has 0 aromatic heterocycles. The summed E-state index contributed by atoms with van der Waals surface area (Å²) in [4.78, 5) is 55.6. The van der Waals surface area contributed by atoms with Crippen LogP contribution in [0.25, 0.3) is 0 Å². The van der Waals surface area contributed by atoms with Crippen LogP contribution in [0.1, 0.15) is 155 Å². The molecule has 57 heavy (non-hydrogen) atoms. The van der Waals surface area contributed by atoms with Gasteiger partial charge in [-0.2, -0.15) is 0 Å². The first-order valence-corrected chi connectivity index (χ1v) is 25.1. The summed E-state index contributed by atoms with van der Waals surface area (Å²) >= 11 is 0. The number of likely N-dealkylation sites (N-methyl/N-ethyl adjacent to an activating group) is 1. The molecule has 0 unspecified atom stereocenters. The van der Waals surface area contributed by atoms with Gasteiger partial charge in [0.05, 0.1) is 13.2 Å². The van der Waals surface area contributed by atoms with Gasteiger partial charge in [0.15, 0.2) is 0 Å². The summed E-state index contributed by atoms with van der Waals surface area (Å²) in [6.45, 7) is 12.8. The van der Waals surface area contributed by atoms with E-state index in [0.29, 0.717) is 70.4 Å². The molecule has 1 saturated heterocycles. The smallest absolute Gasteiger partial charge is 0.409 e.